The third kappa shape index (κ3) is 7.53. The molecule has 42 heavy (non-hydrogen) atoms. The molecule has 4 rings (SSSR count). The maximum atomic E-state index is 14.9. The first kappa shape index (κ1) is 31.1. The molecule has 2 aromatic carbocycles. The molecule has 1 aliphatic heterocycles. The van der Waals surface area contributed by atoms with Crippen LogP contribution in [-0.2, 0) is 31.8 Å². The number of esters is 2. The molecule has 1 aromatic heterocycles. The Hall–Kier alpha value is -3.80. The number of benzene rings is 2. The molecule has 1 fully saturated rings. The van der Waals surface area contributed by atoms with Gasteiger partial charge in [-0.15, -0.1) is 5.10 Å². The smallest absolute Gasteiger partial charge is 0.338 e. The quantitative estimate of drug-likeness (QED) is 0.272. The number of hydrogen-bond donors (Lipinski definition) is 3. The van der Waals surface area contributed by atoms with E-state index >= 15 is 0 Å². The predicted octanol–water partition coefficient (Wildman–Crippen LogP) is 3.64. The van der Waals surface area contributed by atoms with Gasteiger partial charge in [-0.3, -0.25) is 9.89 Å². The Morgan fingerprint density at radius 2 is 1.79 bits per heavy atom. The van der Waals surface area contributed by atoms with Crippen molar-refractivity contribution in [2.45, 2.75) is 76.2 Å². The summed E-state index contributed by atoms with van der Waals surface area (Å²) in [4.78, 5) is 24.2. The van der Waals surface area contributed by atoms with Crippen LogP contribution >= 0.6 is 0 Å². The highest BCUT2D eigenvalue weighted by atomic mass is 19.1. The number of nitrogens with zero attached hydrogens (tertiary/aromatic N) is 1. The molecule has 2 heterocycles. The minimum Gasteiger partial charge on any atom is -0.469 e. The van der Waals surface area contributed by atoms with Crippen molar-refractivity contribution in [1.29, 1.82) is 0 Å². The Labute approximate surface area is 243 Å². The van der Waals surface area contributed by atoms with Crippen molar-refractivity contribution in [3.05, 3.63) is 82.5 Å². The molecule has 3 N–H and O–H groups in total. The standard InChI is InChI=1S/C31H37FN2O8/c1-18(2)26-22(16-20-14-12-19(13-15-20)8-7-11-24(36)39-3)29(34-33-26)42-31-28(27(37)25(32)23(17-35)40-31)41-30(38)21-9-5-4-6-10-21/h4-6,9-10,12-15,18,23,25,27-28,31,35,37H,7-8,11,16-17H2,1-3H3,(H,33,34)/t23-,25-,27+,28-,31+/m1/s1. The first-order chi connectivity index (χ1) is 20.2. The van der Waals surface area contributed by atoms with Gasteiger partial charge in [0.2, 0.25) is 12.2 Å². The van der Waals surface area contributed by atoms with Crippen LogP contribution in [0.4, 0.5) is 4.39 Å². The van der Waals surface area contributed by atoms with Crippen molar-refractivity contribution >= 4 is 11.9 Å². The third-order valence-electron chi connectivity index (χ3n) is 7.17. The molecule has 1 aliphatic rings. The molecule has 1 saturated heterocycles. The average Bonchev–Trinajstić information content (AvgIpc) is 3.39. The zero-order valence-corrected chi connectivity index (χ0v) is 23.9. The summed E-state index contributed by atoms with van der Waals surface area (Å²) >= 11 is 0. The van der Waals surface area contributed by atoms with Crippen LogP contribution < -0.4 is 4.74 Å². The topological polar surface area (TPSA) is 140 Å². The van der Waals surface area contributed by atoms with Gasteiger partial charge in [0.05, 0.1) is 19.3 Å². The summed E-state index contributed by atoms with van der Waals surface area (Å²) < 4.78 is 36.8. The van der Waals surface area contributed by atoms with E-state index in [0.29, 0.717) is 19.3 Å². The molecule has 0 spiro atoms. The molecule has 0 amide bonds. The number of rotatable bonds is 12. The number of aliphatic hydroxyl groups is 2. The Bertz CT molecular complexity index is 1310. The first-order valence-corrected chi connectivity index (χ1v) is 13.9. The molecule has 0 saturated carbocycles. The van der Waals surface area contributed by atoms with Crippen molar-refractivity contribution in [2.24, 2.45) is 0 Å². The van der Waals surface area contributed by atoms with Crippen molar-refractivity contribution < 1.29 is 43.1 Å². The lowest BCUT2D eigenvalue weighted by Crippen LogP contribution is -2.60. The fourth-order valence-electron chi connectivity index (χ4n) is 4.80. The van der Waals surface area contributed by atoms with E-state index in [1.54, 1.807) is 18.2 Å². The van der Waals surface area contributed by atoms with Crippen LogP contribution in [0, 0.1) is 0 Å². The summed E-state index contributed by atoms with van der Waals surface area (Å²) in [7, 11) is 1.37. The number of nitrogens with one attached hydrogen (secondary N) is 1. The Kier molecular flexibility index (Phi) is 10.7. The molecule has 0 bridgehead atoms. The van der Waals surface area contributed by atoms with E-state index in [9.17, 15) is 24.2 Å². The maximum absolute atomic E-state index is 14.9. The van der Waals surface area contributed by atoms with Crippen LogP contribution in [0.5, 0.6) is 5.88 Å². The Morgan fingerprint density at radius 3 is 2.43 bits per heavy atom. The number of H-pyrrole nitrogens is 1. The number of aromatic nitrogens is 2. The zero-order chi connectivity index (χ0) is 30.2. The molecule has 11 heteroatoms. The van der Waals surface area contributed by atoms with Gasteiger partial charge in [-0.1, -0.05) is 56.3 Å². The van der Waals surface area contributed by atoms with Gasteiger partial charge in [-0.2, -0.15) is 0 Å². The summed E-state index contributed by atoms with van der Waals surface area (Å²) in [5, 5.41) is 27.7. The van der Waals surface area contributed by atoms with E-state index in [0.717, 1.165) is 28.8 Å². The van der Waals surface area contributed by atoms with Gasteiger partial charge in [-0.25, -0.2) is 9.18 Å². The van der Waals surface area contributed by atoms with Gasteiger partial charge in [0.1, 0.15) is 12.2 Å². The van der Waals surface area contributed by atoms with E-state index in [-0.39, 0.29) is 23.3 Å². The number of carbonyl (C=O) groups is 2. The molecule has 226 valence electrons. The summed E-state index contributed by atoms with van der Waals surface area (Å²) in [5.74, 6) is -0.831. The number of aryl methyl sites for hydroxylation is 1. The van der Waals surface area contributed by atoms with Crippen molar-refractivity contribution in [2.75, 3.05) is 13.7 Å². The molecule has 10 nitrogen and oxygen atoms in total. The molecule has 5 atom stereocenters. The van der Waals surface area contributed by atoms with Crippen LogP contribution in [0.15, 0.2) is 54.6 Å². The number of ether oxygens (including phenoxy) is 4. The Balaban J connectivity index is 1.54. The van der Waals surface area contributed by atoms with Crippen LogP contribution in [0.25, 0.3) is 0 Å². The van der Waals surface area contributed by atoms with Crippen molar-refractivity contribution in [3.8, 4) is 5.88 Å². The van der Waals surface area contributed by atoms with Gasteiger partial charge in [0.15, 0.2) is 12.3 Å². The average molecular weight is 585 g/mol. The van der Waals surface area contributed by atoms with Crippen molar-refractivity contribution in [3.63, 3.8) is 0 Å². The Morgan fingerprint density at radius 1 is 1.10 bits per heavy atom. The monoisotopic (exact) mass is 584 g/mol. The highest BCUT2D eigenvalue weighted by Crippen LogP contribution is 2.33. The van der Waals surface area contributed by atoms with Crippen LogP contribution in [-0.4, -0.2) is 76.8 Å². The molecular formula is C31H37FN2O8. The second kappa shape index (κ2) is 14.4. The number of carbonyl (C=O) groups excluding carboxylic acids is 2. The van der Waals surface area contributed by atoms with E-state index < -0.39 is 43.3 Å². The van der Waals surface area contributed by atoms with E-state index in [4.69, 9.17) is 18.9 Å². The first-order valence-electron chi connectivity index (χ1n) is 13.9. The fourth-order valence-corrected chi connectivity index (χ4v) is 4.80. The molecule has 0 radical (unpaired) electrons. The lowest BCUT2D eigenvalue weighted by atomic mass is 9.98. The van der Waals surface area contributed by atoms with Crippen molar-refractivity contribution in [1.82, 2.24) is 10.2 Å². The van der Waals surface area contributed by atoms with Crippen LogP contribution in [0.1, 0.15) is 65.3 Å². The van der Waals surface area contributed by atoms with Gasteiger partial charge < -0.3 is 29.2 Å². The molecule has 3 aromatic rings. The number of aliphatic hydroxyl groups excluding tert-OH is 2. The largest absolute Gasteiger partial charge is 0.469 e. The summed E-state index contributed by atoms with van der Waals surface area (Å²) in [6.07, 6.45) is -6.00. The van der Waals surface area contributed by atoms with Gasteiger partial charge in [0, 0.05) is 24.1 Å². The minimum absolute atomic E-state index is 0.0485. The number of alkyl halides is 1. The zero-order valence-electron chi connectivity index (χ0n) is 23.9. The highest BCUT2D eigenvalue weighted by Gasteiger charge is 2.49. The normalized spacial score (nSPS) is 22.1. The molecule has 0 aliphatic carbocycles. The molecular weight excluding hydrogens is 547 g/mol. The number of halogens is 1. The second-order valence-electron chi connectivity index (χ2n) is 10.5. The third-order valence-corrected chi connectivity index (χ3v) is 7.17. The number of methoxy groups -OCH3 is 1. The van der Waals surface area contributed by atoms with Crippen LogP contribution in [0.3, 0.4) is 0 Å². The lowest BCUT2D eigenvalue weighted by molar-refractivity contribution is -0.265. The molecule has 0 unspecified atom stereocenters. The number of aromatic amines is 1. The lowest BCUT2D eigenvalue weighted by Gasteiger charge is -2.40. The van der Waals surface area contributed by atoms with E-state index in [2.05, 4.69) is 10.2 Å². The summed E-state index contributed by atoms with van der Waals surface area (Å²) in [6.45, 7) is 3.27. The summed E-state index contributed by atoms with van der Waals surface area (Å²) in [5.41, 5.74) is 3.79. The van der Waals surface area contributed by atoms with E-state index in [1.165, 1.54) is 19.2 Å². The second-order valence-corrected chi connectivity index (χ2v) is 10.5. The predicted molar refractivity (Wildman–Crippen MR) is 150 cm³/mol. The van der Waals surface area contributed by atoms with Gasteiger partial charge >= 0.3 is 11.9 Å². The summed E-state index contributed by atoms with van der Waals surface area (Å²) in [6, 6.07) is 16.0. The van der Waals surface area contributed by atoms with Gasteiger partial charge in [-0.05, 0) is 42.0 Å². The highest BCUT2D eigenvalue weighted by molar-refractivity contribution is 5.89. The van der Waals surface area contributed by atoms with Crippen LogP contribution in [0.2, 0.25) is 0 Å². The minimum atomic E-state index is -2.01. The number of hydrogen-bond acceptors (Lipinski definition) is 9. The maximum Gasteiger partial charge on any atom is 0.338 e. The fraction of sp³-hybridized carbons (Fsp3) is 0.452. The van der Waals surface area contributed by atoms with E-state index in [1.807, 2.05) is 38.1 Å². The van der Waals surface area contributed by atoms with Gasteiger partial charge in [0.25, 0.3) is 0 Å². The SMILES string of the molecule is COC(=O)CCCc1ccc(Cc2c(O[C@@H]3O[C@H](CO)[C@@H](F)[C@H](O)[C@H]3OC(=O)c3ccccc3)n[nH]c2C(C)C)cc1.